The first-order chi connectivity index (χ1) is 35.1. The third kappa shape index (κ3) is 9.58. The van der Waals surface area contributed by atoms with Gasteiger partial charge in [-0.15, -0.1) is 0 Å². The molecular formula is C61H64O11. The maximum absolute atomic E-state index is 15.4. The van der Waals surface area contributed by atoms with Gasteiger partial charge < -0.3 is 38.7 Å². The van der Waals surface area contributed by atoms with Gasteiger partial charge >= 0.3 is 17.6 Å². The van der Waals surface area contributed by atoms with E-state index in [0.717, 1.165) is 54.4 Å². The topological polar surface area (TPSA) is 162 Å². The maximum Gasteiger partial charge on any atom is 0.340 e. The SMILES string of the molecule is COC[C@@H](CCO)c1c(CO)c2ccc3c(c2oc1=O)[C@H]1OC(=O)C[C@@H]2C[C@H](c4cccc(Cc5ccccc5)c4)C=C[C@H]2c2ccc4cc2CC#CC[C@@](C2CCCC2)(O3)[C@H]1OC(=O)/C(=C(/C)CO)CC4. The van der Waals surface area contributed by atoms with Gasteiger partial charge in [-0.2, -0.15) is 0 Å². The molecule has 0 amide bonds. The second kappa shape index (κ2) is 21.4. The number of carbonyl (C=O) groups is 2. The Labute approximate surface area is 420 Å². The Kier molecular flexibility index (Phi) is 14.7. The van der Waals surface area contributed by atoms with Gasteiger partial charge in [0.15, 0.2) is 17.8 Å². The lowest BCUT2D eigenvalue weighted by molar-refractivity contribution is -0.201. The first-order valence-electron chi connectivity index (χ1n) is 25.7. The second-order valence-electron chi connectivity index (χ2n) is 20.5. The zero-order chi connectivity index (χ0) is 49.9. The molecule has 0 saturated heterocycles. The highest BCUT2D eigenvalue weighted by molar-refractivity contribution is 5.90. The van der Waals surface area contributed by atoms with Crippen molar-refractivity contribution in [1.82, 2.24) is 0 Å². The molecule has 11 nitrogen and oxygen atoms in total. The number of allylic oxidation sites excluding steroid dienone is 2. The lowest BCUT2D eigenvalue weighted by atomic mass is 9.71. The number of carbonyl (C=O) groups excluding carboxylic acids is 2. The van der Waals surface area contributed by atoms with Crippen LogP contribution in [0.1, 0.15) is 139 Å². The lowest BCUT2D eigenvalue weighted by Crippen LogP contribution is -2.60. The summed E-state index contributed by atoms with van der Waals surface area (Å²) < 4.78 is 32.9. The molecule has 1 aromatic heterocycles. The minimum atomic E-state index is -1.35. The monoisotopic (exact) mass is 972 g/mol. The number of hydrogen-bond acceptors (Lipinski definition) is 11. The number of rotatable bonds is 11. The van der Waals surface area contributed by atoms with E-state index in [1.165, 1.54) is 18.2 Å². The fraction of sp³-hybridized carbons (Fsp3) is 0.426. The number of hydrogen-bond donors (Lipinski definition) is 3. The van der Waals surface area contributed by atoms with E-state index in [0.29, 0.717) is 41.5 Å². The number of aliphatic hydroxyl groups is 3. The highest BCUT2D eigenvalue weighted by Crippen LogP contribution is 2.54. The van der Waals surface area contributed by atoms with Crippen molar-refractivity contribution in [2.24, 2.45) is 11.8 Å². The molecule has 72 heavy (non-hydrogen) atoms. The number of esters is 2. The molecule has 10 rings (SSSR count). The standard InChI is InChI=1S/C61H64O11/c1-37(34-63)47-21-18-39-19-22-48-43(30-39)14-8-9-27-61(46-16-6-7-17-46)58(71-59(47)66)57(55-52(72-61)25-24-50-51(35-64)54(60(67)70-56(50)55)44(26-28-62)36-68-2)69-53(65)33-45-32-42(20-23-49(45)48)41-15-10-13-40(31-41)29-38-11-4-3-5-12-38/h3-5,10-13,15,19-20,22-25,30-31,42,44-46,49,57-58,62-64H,6-7,14,16-18,21,26-29,32-36H2,1-2H3/b47-37-/t42-,44-,45+,49-,57-,58+,61+/m1/s1. The van der Waals surface area contributed by atoms with Crippen molar-refractivity contribution in [2.45, 2.75) is 126 Å². The molecule has 3 N–H and O–H groups in total. The van der Waals surface area contributed by atoms with Crippen LogP contribution in [0, 0.1) is 23.7 Å². The van der Waals surface area contributed by atoms with Crippen LogP contribution in [0.5, 0.6) is 5.75 Å². The van der Waals surface area contributed by atoms with E-state index in [1.54, 1.807) is 19.1 Å². The van der Waals surface area contributed by atoms with Gasteiger partial charge in [-0.05, 0) is 114 Å². The van der Waals surface area contributed by atoms with E-state index < -0.39 is 47.9 Å². The van der Waals surface area contributed by atoms with Crippen LogP contribution < -0.4 is 10.4 Å². The molecule has 4 heterocycles. The van der Waals surface area contributed by atoms with Gasteiger partial charge in [-0.25, -0.2) is 9.59 Å². The summed E-state index contributed by atoms with van der Waals surface area (Å²) in [4.78, 5) is 44.9. The molecule has 0 radical (unpaired) electrons. The van der Waals surface area contributed by atoms with Crippen LogP contribution in [0.3, 0.4) is 0 Å². The Balaban J connectivity index is 1.17. The number of aliphatic hydroxyl groups excluding tert-OH is 3. The Morgan fingerprint density at radius 3 is 2.49 bits per heavy atom. The van der Waals surface area contributed by atoms with Crippen LogP contribution in [0.15, 0.2) is 117 Å². The van der Waals surface area contributed by atoms with Crippen LogP contribution in [-0.4, -0.2) is 65.9 Å². The third-order valence-corrected chi connectivity index (χ3v) is 16.2. The van der Waals surface area contributed by atoms with Gasteiger partial charge in [0, 0.05) is 66.8 Å². The predicted octanol–water partition coefficient (Wildman–Crippen LogP) is 9.54. The van der Waals surface area contributed by atoms with E-state index >= 15 is 9.59 Å². The molecule has 1 saturated carbocycles. The average molecular weight is 973 g/mol. The van der Waals surface area contributed by atoms with Gasteiger partial charge in [0.2, 0.25) is 0 Å². The molecule has 0 spiro atoms. The first kappa shape index (κ1) is 49.3. The van der Waals surface area contributed by atoms with E-state index in [1.807, 2.05) is 6.07 Å². The predicted molar refractivity (Wildman–Crippen MR) is 272 cm³/mol. The molecule has 2 aliphatic carbocycles. The minimum absolute atomic E-state index is 0.00588. The molecule has 11 heteroatoms. The molecule has 7 atom stereocenters. The number of aryl methyl sites for hydroxylation is 1. The molecular weight excluding hydrogens is 909 g/mol. The van der Waals surface area contributed by atoms with Crippen LogP contribution in [0.4, 0.5) is 0 Å². The van der Waals surface area contributed by atoms with Crippen LogP contribution >= 0.6 is 0 Å². The molecule has 1 fully saturated rings. The molecule has 5 aromatic rings. The molecule has 5 bridgehead atoms. The second-order valence-corrected chi connectivity index (χ2v) is 20.5. The van der Waals surface area contributed by atoms with Crippen molar-refractivity contribution in [1.29, 1.82) is 0 Å². The summed E-state index contributed by atoms with van der Waals surface area (Å²) in [6.45, 7) is 0.665. The van der Waals surface area contributed by atoms with Gasteiger partial charge in [0.05, 0.1) is 31.8 Å². The van der Waals surface area contributed by atoms with Gasteiger partial charge in [-0.3, -0.25) is 4.79 Å². The Bertz CT molecular complexity index is 3020. The number of ether oxygens (including phenoxy) is 4. The van der Waals surface area contributed by atoms with E-state index in [-0.39, 0.29) is 91.4 Å². The minimum Gasteiger partial charge on any atom is -0.481 e. The van der Waals surface area contributed by atoms with E-state index in [4.69, 9.17) is 23.4 Å². The summed E-state index contributed by atoms with van der Waals surface area (Å²) in [5.41, 5.74) is 6.17. The van der Waals surface area contributed by atoms with Crippen molar-refractivity contribution in [3.63, 3.8) is 0 Å². The van der Waals surface area contributed by atoms with Gasteiger partial charge in [0.25, 0.3) is 0 Å². The number of benzene rings is 4. The normalized spacial score (nSPS) is 25.2. The maximum atomic E-state index is 15.4. The summed E-state index contributed by atoms with van der Waals surface area (Å²) >= 11 is 0. The summed E-state index contributed by atoms with van der Waals surface area (Å²) in [5, 5.41) is 32.1. The van der Waals surface area contributed by atoms with Crippen molar-refractivity contribution in [3.05, 3.63) is 169 Å². The van der Waals surface area contributed by atoms with Crippen LogP contribution in [0.2, 0.25) is 0 Å². The summed E-state index contributed by atoms with van der Waals surface area (Å²) in [6, 6.07) is 29.0. The smallest absolute Gasteiger partial charge is 0.340 e. The third-order valence-electron chi connectivity index (χ3n) is 16.2. The van der Waals surface area contributed by atoms with Crippen LogP contribution in [-0.2, 0) is 49.7 Å². The average Bonchev–Trinajstić information content (AvgIpc) is 3.94. The van der Waals surface area contributed by atoms with Crippen molar-refractivity contribution < 1.29 is 48.3 Å². The van der Waals surface area contributed by atoms with E-state index in [2.05, 4.69) is 90.7 Å². The van der Waals surface area contributed by atoms with Gasteiger partial charge in [0.1, 0.15) is 11.3 Å². The number of fused-ring (bicyclic) bond motifs is 9. The van der Waals surface area contributed by atoms with Gasteiger partial charge in [-0.1, -0.05) is 110 Å². The molecule has 4 aromatic carbocycles. The van der Waals surface area contributed by atoms with E-state index in [9.17, 15) is 20.1 Å². The Morgan fingerprint density at radius 1 is 0.889 bits per heavy atom. The van der Waals surface area contributed by atoms with Crippen molar-refractivity contribution in [3.8, 4) is 17.6 Å². The zero-order valence-corrected chi connectivity index (χ0v) is 41.2. The Morgan fingerprint density at radius 2 is 1.71 bits per heavy atom. The largest absolute Gasteiger partial charge is 0.481 e. The van der Waals surface area contributed by atoms with Crippen LogP contribution in [0.25, 0.3) is 11.0 Å². The molecule has 374 valence electrons. The molecule has 3 aliphatic heterocycles. The van der Waals surface area contributed by atoms with Crippen molar-refractivity contribution >= 4 is 22.9 Å². The highest BCUT2D eigenvalue weighted by Gasteiger charge is 2.59. The molecule has 5 aliphatic rings. The first-order valence-corrected chi connectivity index (χ1v) is 25.7. The fourth-order valence-electron chi connectivity index (χ4n) is 12.6. The Hall–Kier alpha value is -6.29. The lowest BCUT2D eigenvalue weighted by Gasteiger charge is -2.49. The number of methoxy groups -OCH3 is 1. The molecule has 0 unspecified atom stereocenters. The summed E-state index contributed by atoms with van der Waals surface area (Å²) in [5.74, 6) is 5.01. The van der Waals surface area contributed by atoms with Crippen molar-refractivity contribution in [2.75, 3.05) is 26.9 Å². The summed E-state index contributed by atoms with van der Waals surface area (Å²) in [7, 11) is 1.50. The summed E-state index contributed by atoms with van der Waals surface area (Å²) in [6.07, 6.45) is 8.19. The quantitative estimate of drug-likeness (QED) is 0.0380. The highest BCUT2D eigenvalue weighted by atomic mass is 16.6. The fourth-order valence-corrected chi connectivity index (χ4v) is 12.6. The zero-order valence-electron chi connectivity index (χ0n) is 41.2.